The number of nitrogens with one attached hydrogen (secondary N) is 1. The van der Waals surface area contributed by atoms with Crippen LogP contribution in [0.15, 0.2) is 4.47 Å². The Morgan fingerprint density at radius 1 is 1.32 bits per heavy atom. The summed E-state index contributed by atoms with van der Waals surface area (Å²) in [6.45, 7) is 9.92. The molecule has 1 aromatic heterocycles. The van der Waals surface area contributed by atoms with Gasteiger partial charge in [-0.15, -0.1) is 0 Å². The number of hydrogen-bond acceptors (Lipinski definition) is 2. The van der Waals surface area contributed by atoms with E-state index in [1.54, 1.807) is 0 Å². The molecule has 0 amide bonds. The fourth-order valence-electron chi connectivity index (χ4n) is 2.76. The fourth-order valence-corrected chi connectivity index (χ4v) is 3.26. The van der Waals surface area contributed by atoms with Gasteiger partial charge in [0.2, 0.25) is 0 Å². The van der Waals surface area contributed by atoms with Crippen LogP contribution in [0.25, 0.3) is 0 Å². The molecule has 1 N–H and O–H groups in total. The molecule has 0 radical (unpaired) electrons. The first-order valence-corrected chi connectivity index (χ1v) is 8.00. The molecule has 4 heteroatoms. The molecule has 2 rings (SSSR count). The van der Waals surface area contributed by atoms with Crippen LogP contribution in [0.4, 0.5) is 0 Å². The Morgan fingerprint density at radius 3 is 2.37 bits per heavy atom. The van der Waals surface area contributed by atoms with Crippen LogP contribution >= 0.6 is 15.9 Å². The van der Waals surface area contributed by atoms with E-state index < -0.39 is 0 Å². The Labute approximate surface area is 125 Å². The molecular formula is C15H26BrN3. The van der Waals surface area contributed by atoms with Crippen LogP contribution in [0.3, 0.4) is 0 Å². The molecule has 1 heterocycles. The summed E-state index contributed by atoms with van der Waals surface area (Å²) < 4.78 is 3.23. The summed E-state index contributed by atoms with van der Waals surface area (Å²) in [5.74, 6) is 1.63. The van der Waals surface area contributed by atoms with Crippen LogP contribution in [0.1, 0.15) is 45.0 Å². The first kappa shape index (κ1) is 15.0. The minimum absolute atomic E-state index is 0.226. The first-order valence-electron chi connectivity index (χ1n) is 7.21. The third-order valence-electron chi connectivity index (χ3n) is 4.19. The minimum Gasteiger partial charge on any atom is -0.312 e. The molecule has 1 aliphatic rings. The Balaban J connectivity index is 1.93. The van der Waals surface area contributed by atoms with E-state index in [1.807, 2.05) is 11.7 Å². The molecule has 1 aromatic rings. The molecule has 0 bridgehead atoms. The topological polar surface area (TPSA) is 29.9 Å². The van der Waals surface area contributed by atoms with Gasteiger partial charge in [0.25, 0.3) is 0 Å². The monoisotopic (exact) mass is 327 g/mol. The SMILES string of the molecule is Cc1nn(C)c(CC2CCC2CNC(C)(C)C)c1Br. The predicted molar refractivity (Wildman–Crippen MR) is 83.3 cm³/mol. The van der Waals surface area contributed by atoms with Crippen LogP contribution in [-0.4, -0.2) is 21.9 Å². The average molecular weight is 328 g/mol. The minimum atomic E-state index is 0.226. The summed E-state index contributed by atoms with van der Waals surface area (Å²) in [4.78, 5) is 0. The lowest BCUT2D eigenvalue weighted by molar-refractivity contribution is 0.157. The Kier molecular flexibility index (Phi) is 4.41. The standard InChI is InChI=1S/C15H26BrN3/c1-10-14(16)13(19(5)18-10)8-11-6-7-12(11)9-17-15(2,3)4/h11-12,17H,6-9H2,1-5H3. The van der Waals surface area contributed by atoms with Gasteiger partial charge < -0.3 is 5.32 Å². The van der Waals surface area contributed by atoms with Crippen molar-refractivity contribution in [3.8, 4) is 0 Å². The van der Waals surface area contributed by atoms with Crippen molar-refractivity contribution in [2.75, 3.05) is 6.54 Å². The number of aryl methyl sites for hydroxylation is 2. The van der Waals surface area contributed by atoms with E-state index in [0.717, 1.165) is 30.5 Å². The van der Waals surface area contributed by atoms with Gasteiger partial charge in [0.05, 0.1) is 15.9 Å². The molecule has 108 valence electrons. The largest absolute Gasteiger partial charge is 0.312 e. The number of halogens is 1. The molecule has 0 aliphatic heterocycles. The second kappa shape index (κ2) is 5.57. The van der Waals surface area contributed by atoms with Crippen LogP contribution in [0.2, 0.25) is 0 Å². The maximum absolute atomic E-state index is 4.49. The molecule has 3 nitrogen and oxygen atoms in total. The highest BCUT2D eigenvalue weighted by Crippen LogP contribution is 2.38. The van der Waals surface area contributed by atoms with Crippen molar-refractivity contribution in [2.45, 2.75) is 52.5 Å². The van der Waals surface area contributed by atoms with Crippen LogP contribution in [0.5, 0.6) is 0 Å². The zero-order chi connectivity index (χ0) is 14.2. The molecule has 0 saturated heterocycles. The normalized spacial score (nSPS) is 23.5. The van der Waals surface area contributed by atoms with Gasteiger partial charge in [-0.25, -0.2) is 0 Å². The van der Waals surface area contributed by atoms with Crippen molar-refractivity contribution < 1.29 is 0 Å². The molecule has 1 saturated carbocycles. The molecule has 2 atom stereocenters. The molecule has 0 aromatic carbocycles. The van der Waals surface area contributed by atoms with Crippen molar-refractivity contribution >= 4 is 15.9 Å². The zero-order valence-corrected chi connectivity index (χ0v) is 14.3. The lowest BCUT2D eigenvalue weighted by atomic mass is 9.71. The molecule has 0 spiro atoms. The maximum Gasteiger partial charge on any atom is 0.0738 e. The molecule has 19 heavy (non-hydrogen) atoms. The second-order valence-electron chi connectivity index (χ2n) is 6.90. The molecule has 1 aliphatic carbocycles. The van der Waals surface area contributed by atoms with Crippen LogP contribution in [-0.2, 0) is 13.5 Å². The number of aromatic nitrogens is 2. The van der Waals surface area contributed by atoms with Crippen molar-refractivity contribution in [1.82, 2.24) is 15.1 Å². The van der Waals surface area contributed by atoms with E-state index >= 15 is 0 Å². The lowest BCUT2D eigenvalue weighted by Crippen LogP contribution is -2.44. The number of rotatable bonds is 4. The van der Waals surface area contributed by atoms with E-state index in [1.165, 1.54) is 23.0 Å². The van der Waals surface area contributed by atoms with Gasteiger partial charge in [-0.2, -0.15) is 5.10 Å². The summed E-state index contributed by atoms with van der Waals surface area (Å²) in [6.07, 6.45) is 3.86. The van der Waals surface area contributed by atoms with Gasteiger partial charge in [0, 0.05) is 12.6 Å². The lowest BCUT2D eigenvalue weighted by Gasteiger charge is -2.39. The van der Waals surface area contributed by atoms with E-state index in [-0.39, 0.29) is 5.54 Å². The molecule has 2 unspecified atom stereocenters. The Morgan fingerprint density at radius 2 is 1.95 bits per heavy atom. The molecular weight excluding hydrogens is 302 g/mol. The summed E-state index contributed by atoms with van der Waals surface area (Å²) in [5, 5.41) is 8.13. The summed E-state index contributed by atoms with van der Waals surface area (Å²) in [5.41, 5.74) is 2.67. The zero-order valence-electron chi connectivity index (χ0n) is 12.8. The van der Waals surface area contributed by atoms with E-state index in [0.29, 0.717) is 0 Å². The van der Waals surface area contributed by atoms with Crippen molar-refractivity contribution in [2.24, 2.45) is 18.9 Å². The van der Waals surface area contributed by atoms with Gasteiger partial charge in [-0.3, -0.25) is 4.68 Å². The van der Waals surface area contributed by atoms with Gasteiger partial charge >= 0.3 is 0 Å². The molecule has 1 fully saturated rings. The highest BCUT2D eigenvalue weighted by molar-refractivity contribution is 9.10. The van der Waals surface area contributed by atoms with Gasteiger partial charge in [0.15, 0.2) is 0 Å². The number of hydrogen-bond donors (Lipinski definition) is 1. The van der Waals surface area contributed by atoms with Gasteiger partial charge in [0.1, 0.15) is 0 Å². The smallest absolute Gasteiger partial charge is 0.0738 e. The van der Waals surface area contributed by atoms with Crippen LogP contribution < -0.4 is 5.32 Å². The van der Waals surface area contributed by atoms with Gasteiger partial charge in [-0.05, 0) is 81.3 Å². The first-order chi connectivity index (χ1) is 8.78. The second-order valence-corrected chi connectivity index (χ2v) is 7.70. The van der Waals surface area contributed by atoms with E-state index in [4.69, 9.17) is 0 Å². The summed E-state index contributed by atoms with van der Waals surface area (Å²) >= 11 is 3.67. The fraction of sp³-hybridized carbons (Fsp3) is 0.800. The third kappa shape index (κ3) is 3.60. The van der Waals surface area contributed by atoms with Crippen molar-refractivity contribution in [3.05, 3.63) is 15.9 Å². The van der Waals surface area contributed by atoms with Crippen molar-refractivity contribution in [3.63, 3.8) is 0 Å². The Bertz CT molecular complexity index is 445. The highest BCUT2D eigenvalue weighted by atomic mass is 79.9. The third-order valence-corrected chi connectivity index (χ3v) is 5.22. The highest BCUT2D eigenvalue weighted by Gasteiger charge is 2.32. The van der Waals surface area contributed by atoms with E-state index in [9.17, 15) is 0 Å². The predicted octanol–water partition coefficient (Wildman–Crippen LogP) is 3.45. The summed E-state index contributed by atoms with van der Waals surface area (Å²) in [6, 6.07) is 0. The maximum atomic E-state index is 4.49. The Hall–Kier alpha value is -0.350. The van der Waals surface area contributed by atoms with E-state index in [2.05, 4.69) is 54.0 Å². The number of nitrogens with zero attached hydrogens (tertiary/aromatic N) is 2. The average Bonchev–Trinajstić information content (AvgIpc) is 2.48. The quantitative estimate of drug-likeness (QED) is 0.917. The van der Waals surface area contributed by atoms with Crippen molar-refractivity contribution in [1.29, 1.82) is 0 Å². The summed E-state index contributed by atoms with van der Waals surface area (Å²) in [7, 11) is 2.05. The van der Waals surface area contributed by atoms with Crippen LogP contribution in [0, 0.1) is 18.8 Å². The van der Waals surface area contributed by atoms with Gasteiger partial charge in [-0.1, -0.05) is 0 Å².